The van der Waals surface area contributed by atoms with Gasteiger partial charge in [-0.25, -0.2) is 0 Å². The number of aromatic hydroxyl groups is 2. The molecule has 1 heterocycles. The molecule has 4 heteroatoms. The summed E-state index contributed by atoms with van der Waals surface area (Å²) < 4.78 is 0. The van der Waals surface area contributed by atoms with E-state index in [2.05, 4.69) is 17.1 Å². The minimum absolute atomic E-state index is 0.110. The highest BCUT2D eigenvalue weighted by molar-refractivity contribution is 5.37. The van der Waals surface area contributed by atoms with E-state index in [1.807, 2.05) is 6.92 Å². The largest absolute Gasteiger partial charge is 0.508 e. The van der Waals surface area contributed by atoms with Crippen LogP contribution < -0.4 is 5.32 Å². The first-order valence-corrected chi connectivity index (χ1v) is 7.53. The van der Waals surface area contributed by atoms with Crippen LogP contribution in [0.1, 0.15) is 38.3 Å². The predicted octanol–water partition coefficient (Wildman–Crippen LogP) is 2.48. The van der Waals surface area contributed by atoms with Crippen molar-refractivity contribution in [2.75, 3.05) is 26.2 Å². The Labute approximate surface area is 121 Å². The van der Waals surface area contributed by atoms with Crippen LogP contribution >= 0.6 is 0 Å². The van der Waals surface area contributed by atoms with E-state index in [-0.39, 0.29) is 17.5 Å². The molecule has 1 fully saturated rings. The van der Waals surface area contributed by atoms with Gasteiger partial charge in [0.2, 0.25) is 0 Å². The fourth-order valence-electron chi connectivity index (χ4n) is 2.71. The van der Waals surface area contributed by atoms with Crippen LogP contribution in [0.5, 0.6) is 11.5 Å². The zero-order valence-corrected chi connectivity index (χ0v) is 12.5. The highest BCUT2D eigenvalue weighted by Gasteiger charge is 2.15. The van der Waals surface area contributed by atoms with Crippen LogP contribution in [0.25, 0.3) is 0 Å². The summed E-state index contributed by atoms with van der Waals surface area (Å²) >= 11 is 0. The number of rotatable bonds is 5. The fraction of sp³-hybridized carbons (Fsp3) is 0.625. The Morgan fingerprint density at radius 1 is 1.20 bits per heavy atom. The standard InChI is InChI=1S/C16H26N2O2/c1-12-3-6-18(7-4-12)8-5-17-13(2)14-9-15(19)11-16(20)10-14/h9-13,17,19-20H,3-8H2,1-2H3. The van der Waals surface area contributed by atoms with Crippen molar-refractivity contribution in [2.45, 2.75) is 32.7 Å². The minimum atomic E-state index is 0.110. The van der Waals surface area contributed by atoms with Crippen molar-refractivity contribution >= 4 is 0 Å². The number of phenols is 2. The lowest BCUT2D eigenvalue weighted by atomic mass is 9.99. The van der Waals surface area contributed by atoms with Crippen LogP contribution in [-0.4, -0.2) is 41.3 Å². The van der Waals surface area contributed by atoms with Gasteiger partial charge in [0.05, 0.1) is 0 Å². The molecule has 1 aromatic carbocycles. The van der Waals surface area contributed by atoms with Gasteiger partial charge in [-0.2, -0.15) is 0 Å². The van der Waals surface area contributed by atoms with Gasteiger partial charge in [-0.15, -0.1) is 0 Å². The van der Waals surface area contributed by atoms with Crippen LogP contribution in [0.2, 0.25) is 0 Å². The average molecular weight is 278 g/mol. The Morgan fingerprint density at radius 2 is 1.80 bits per heavy atom. The third-order valence-electron chi connectivity index (χ3n) is 4.18. The molecule has 0 spiro atoms. The highest BCUT2D eigenvalue weighted by Crippen LogP contribution is 2.24. The van der Waals surface area contributed by atoms with Crippen LogP contribution in [0.4, 0.5) is 0 Å². The van der Waals surface area contributed by atoms with Gasteiger partial charge in [-0.1, -0.05) is 6.92 Å². The first-order chi connectivity index (χ1) is 9.54. The molecule has 1 saturated heterocycles. The van der Waals surface area contributed by atoms with Gasteiger partial charge in [0.25, 0.3) is 0 Å². The molecule has 1 aliphatic rings. The molecule has 1 aliphatic heterocycles. The molecule has 3 N–H and O–H groups in total. The molecule has 4 nitrogen and oxygen atoms in total. The monoisotopic (exact) mass is 278 g/mol. The maximum absolute atomic E-state index is 9.50. The third-order valence-corrected chi connectivity index (χ3v) is 4.18. The number of piperidine rings is 1. The number of nitrogens with zero attached hydrogens (tertiary/aromatic N) is 1. The molecule has 1 atom stereocenters. The number of likely N-dealkylation sites (tertiary alicyclic amines) is 1. The quantitative estimate of drug-likeness (QED) is 0.774. The number of benzene rings is 1. The van der Waals surface area contributed by atoms with Gasteiger partial charge in [0.15, 0.2) is 0 Å². The Hall–Kier alpha value is -1.26. The van der Waals surface area contributed by atoms with E-state index in [0.717, 1.165) is 24.6 Å². The molecule has 20 heavy (non-hydrogen) atoms. The second-order valence-electron chi connectivity index (χ2n) is 5.98. The summed E-state index contributed by atoms with van der Waals surface area (Å²) in [6.07, 6.45) is 2.60. The van der Waals surface area contributed by atoms with E-state index >= 15 is 0 Å². The van der Waals surface area contributed by atoms with Gasteiger partial charge in [0.1, 0.15) is 11.5 Å². The normalized spacial score (nSPS) is 19.1. The van der Waals surface area contributed by atoms with Crippen LogP contribution in [-0.2, 0) is 0 Å². The van der Waals surface area contributed by atoms with Gasteiger partial charge in [-0.3, -0.25) is 0 Å². The van der Waals surface area contributed by atoms with Crippen molar-refractivity contribution < 1.29 is 10.2 Å². The first kappa shape index (κ1) is 15.1. The number of nitrogens with one attached hydrogen (secondary N) is 1. The number of hydrogen-bond donors (Lipinski definition) is 3. The summed E-state index contributed by atoms with van der Waals surface area (Å²) in [4.78, 5) is 2.50. The molecule has 0 bridgehead atoms. The number of hydrogen-bond acceptors (Lipinski definition) is 4. The Balaban J connectivity index is 1.76. The van der Waals surface area contributed by atoms with Crippen LogP contribution in [0.15, 0.2) is 18.2 Å². The van der Waals surface area contributed by atoms with Gasteiger partial charge in [-0.05, 0) is 56.5 Å². The molecule has 0 saturated carbocycles. The molecule has 0 amide bonds. The van der Waals surface area contributed by atoms with Crippen molar-refractivity contribution in [2.24, 2.45) is 5.92 Å². The smallest absolute Gasteiger partial charge is 0.119 e. The SMILES string of the molecule is CC1CCN(CCNC(C)c2cc(O)cc(O)c2)CC1. The molecular formula is C16H26N2O2. The minimum Gasteiger partial charge on any atom is -0.508 e. The van der Waals surface area contributed by atoms with Crippen LogP contribution in [0, 0.1) is 5.92 Å². The van der Waals surface area contributed by atoms with E-state index in [9.17, 15) is 10.2 Å². The van der Waals surface area contributed by atoms with Crippen molar-refractivity contribution in [1.29, 1.82) is 0 Å². The van der Waals surface area contributed by atoms with E-state index < -0.39 is 0 Å². The summed E-state index contributed by atoms with van der Waals surface area (Å²) in [5.74, 6) is 1.09. The Morgan fingerprint density at radius 3 is 2.40 bits per heavy atom. The zero-order chi connectivity index (χ0) is 14.5. The van der Waals surface area contributed by atoms with E-state index in [4.69, 9.17) is 0 Å². The molecule has 0 aromatic heterocycles. The maximum Gasteiger partial charge on any atom is 0.119 e. The Kier molecular flexibility index (Phi) is 5.26. The molecule has 112 valence electrons. The van der Waals surface area contributed by atoms with E-state index in [0.29, 0.717) is 0 Å². The summed E-state index contributed by atoms with van der Waals surface area (Å²) in [5, 5.41) is 22.4. The van der Waals surface area contributed by atoms with Crippen molar-refractivity contribution in [3.8, 4) is 11.5 Å². The second kappa shape index (κ2) is 6.95. The topological polar surface area (TPSA) is 55.7 Å². The summed E-state index contributed by atoms with van der Waals surface area (Å²) in [6, 6.07) is 4.86. The maximum atomic E-state index is 9.50. The molecule has 0 aliphatic carbocycles. The van der Waals surface area contributed by atoms with E-state index in [1.165, 1.54) is 32.0 Å². The lowest BCUT2D eigenvalue weighted by Crippen LogP contribution is -2.38. The van der Waals surface area contributed by atoms with Gasteiger partial charge in [0, 0.05) is 25.2 Å². The lowest BCUT2D eigenvalue weighted by molar-refractivity contribution is 0.191. The summed E-state index contributed by atoms with van der Waals surface area (Å²) in [7, 11) is 0. The van der Waals surface area contributed by atoms with Gasteiger partial charge >= 0.3 is 0 Å². The first-order valence-electron chi connectivity index (χ1n) is 7.53. The van der Waals surface area contributed by atoms with Crippen molar-refractivity contribution in [3.63, 3.8) is 0 Å². The summed E-state index contributed by atoms with van der Waals surface area (Å²) in [6.45, 7) is 8.75. The molecule has 0 radical (unpaired) electrons. The van der Waals surface area contributed by atoms with Crippen molar-refractivity contribution in [1.82, 2.24) is 10.2 Å². The Bertz CT molecular complexity index is 408. The molecule has 2 rings (SSSR count). The lowest BCUT2D eigenvalue weighted by Gasteiger charge is -2.30. The third kappa shape index (κ3) is 4.39. The zero-order valence-electron chi connectivity index (χ0n) is 12.5. The summed E-state index contributed by atoms with van der Waals surface area (Å²) in [5.41, 5.74) is 0.912. The fourth-order valence-corrected chi connectivity index (χ4v) is 2.71. The molecule has 1 aromatic rings. The second-order valence-corrected chi connectivity index (χ2v) is 5.98. The number of phenolic OH excluding ortho intramolecular Hbond substituents is 2. The predicted molar refractivity (Wildman–Crippen MR) is 81.0 cm³/mol. The highest BCUT2D eigenvalue weighted by atomic mass is 16.3. The molecular weight excluding hydrogens is 252 g/mol. The van der Waals surface area contributed by atoms with Crippen LogP contribution in [0.3, 0.4) is 0 Å². The van der Waals surface area contributed by atoms with E-state index in [1.54, 1.807) is 12.1 Å². The van der Waals surface area contributed by atoms with Crippen molar-refractivity contribution in [3.05, 3.63) is 23.8 Å². The van der Waals surface area contributed by atoms with Gasteiger partial charge < -0.3 is 20.4 Å². The molecule has 1 unspecified atom stereocenters. The average Bonchev–Trinajstić information content (AvgIpc) is 2.40.